The van der Waals surface area contributed by atoms with Gasteiger partial charge in [-0.1, -0.05) is 19.1 Å². The van der Waals surface area contributed by atoms with Crippen LogP contribution in [0.15, 0.2) is 36.4 Å². The standard InChI is InChI=1S/C23H30N2O6/c1-5-25(13-17-15-30-18-8-6-7-9-19(18)31-17)14-23(26)24-12-16-10-21(28-3)22(29-4)11-20(16)27-2/h6-11,17H,5,12-15H2,1-4H3,(H,24,26)/t17-/m1/s1. The van der Waals surface area contributed by atoms with Crippen LogP contribution in [0.3, 0.4) is 0 Å². The first-order valence-electron chi connectivity index (χ1n) is 10.2. The fourth-order valence-corrected chi connectivity index (χ4v) is 3.43. The third kappa shape index (κ3) is 5.73. The van der Waals surface area contributed by atoms with Gasteiger partial charge in [-0.05, 0) is 24.7 Å². The van der Waals surface area contributed by atoms with Gasteiger partial charge in [0.05, 0.1) is 27.9 Å². The lowest BCUT2D eigenvalue weighted by molar-refractivity contribution is -0.122. The number of carbonyl (C=O) groups excluding carboxylic acids is 1. The van der Waals surface area contributed by atoms with Crippen molar-refractivity contribution in [3.05, 3.63) is 42.0 Å². The molecule has 1 heterocycles. The van der Waals surface area contributed by atoms with Gasteiger partial charge in [0.25, 0.3) is 0 Å². The molecule has 2 aromatic rings. The minimum atomic E-state index is -0.131. The summed E-state index contributed by atoms with van der Waals surface area (Å²) in [5.74, 6) is 3.18. The van der Waals surface area contributed by atoms with E-state index in [4.69, 9.17) is 23.7 Å². The van der Waals surface area contributed by atoms with Crippen LogP contribution in [0.25, 0.3) is 0 Å². The van der Waals surface area contributed by atoms with E-state index in [9.17, 15) is 4.79 Å². The molecule has 0 aromatic heterocycles. The van der Waals surface area contributed by atoms with Crippen LogP contribution in [-0.4, -0.2) is 64.5 Å². The van der Waals surface area contributed by atoms with Gasteiger partial charge in [-0.25, -0.2) is 0 Å². The molecule has 0 aliphatic carbocycles. The molecule has 1 aliphatic heterocycles. The maximum Gasteiger partial charge on any atom is 0.234 e. The number of fused-ring (bicyclic) bond motifs is 1. The zero-order chi connectivity index (χ0) is 22.2. The Bertz CT molecular complexity index is 888. The Morgan fingerprint density at radius 2 is 1.74 bits per heavy atom. The van der Waals surface area contributed by atoms with Crippen LogP contribution in [0.2, 0.25) is 0 Å². The van der Waals surface area contributed by atoms with Crippen LogP contribution < -0.4 is 29.0 Å². The average Bonchev–Trinajstić information content (AvgIpc) is 2.81. The predicted molar refractivity (Wildman–Crippen MR) is 116 cm³/mol. The molecule has 3 rings (SSSR count). The number of hydrogen-bond acceptors (Lipinski definition) is 7. The van der Waals surface area contributed by atoms with Gasteiger partial charge in [0.1, 0.15) is 18.5 Å². The zero-order valence-electron chi connectivity index (χ0n) is 18.5. The topological polar surface area (TPSA) is 78.5 Å². The lowest BCUT2D eigenvalue weighted by Gasteiger charge is -2.30. The Balaban J connectivity index is 1.55. The van der Waals surface area contributed by atoms with Gasteiger partial charge in [-0.15, -0.1) is 0 Å². The minimum absolute atomic E-state index is 0.0872. The molecule has 1 atom stereocenters. The predicted octanol–water partition coefficient (Wildman–Crippen LogP) is 2.49. The molecule has 0 spiro atoms. The van der Waals surface area contributed by atoms with Crippen molar-refractivity contribution in [3.63, 3.8) is 0 Å². The van der Waals surface area contributed by atoms with Crippen molar-refractivity contribution in [2.75, 3.05) is 47.6 Å². The number of benzene rings is 2. The third-order valence-corrected chi connectivity index (χ3v) is 5.11. The minimum Gasteiger partial charge on any atom is -0.496 e. The number of amides is 1. The van der Waals surface area contributed by atoms with E-state index in [0.717, 1.165) is 17.1 Å². The molecule has 8 nitrogen and oxygen atoms in total. The molecule has 1 amide bonds. The number of rotatable bonds is 10. The van der Waals surface area contributed by atoms with Crippen LogP contribution in [0.5, 0.6) is 28.7 Å². The van der Waals surface area contributed by atoms with Gasteiger partial charge >= 0.3 is 0 Å². The number of hydrogen-bond donors (Lipinski definition) is 1. The number of likely N-dealkylation sites (N-methyl/N-ethyl adjacent to an activating group) is 1. The van der Waals surface area contributed by atoms with E-state index in [0.29, 0.717) is 43.5 Å². The van der Waals surface area contributed by atoms with Crippen molar-refractivity contribution >= 4 is 5.91 Å². The van der Waals surface area contributed by atoms with Gasteiger partial charge in [-0.3, -0.25) is 9.69 Å². The molecule has 31 heavy (non-hydrogen) atoms. The Kier molecular flexibility index (Phi) is 7.83. The van der Waals surface area contributed by atoms with E-state index in [1.54, 1.807) is 33.5 Å². The highest BCUT2D eigenvalue weighted by molar-refractivity contribution is 5.78. The molecular formula is C23H30N2O6. The van der Waals surface area contributed by atoms with E-state index >= 15 is 0 Å². The zero-order valence-corrected chi connectivity index (χ0v) is 18.5. The van der Waals surface area contributed by atoms with E-state index in [1.165, 1.54) is 0 Å². The summed E-state index contributed by atoms with van der Waals surface area (Å²) in [5.41, 5.74) is 0.803. The molecule has 1 N–H and O–H groups in total. The van der Waals surface area contributed by atoms with Crippen LogP contribution in [0.1, 0.15) is 12.5 Å². The summed E-state index contributed by atoms with van der Waals surface area (Å²) < 4.78 is 27.9. The monoisotopic (exact) mass is 430 g/mol. The molecule has 0 saturated carbocycles. The van der Waals surface area contributed by atoms with Crippen LogP contribution in [0, 0.1) is 0 Å². The molecule has 1 aliphatic rings. The van der Waals surface area contributed by atoms with Crippen molar-refractivity contribution < 1.29 is 28.5 Å². The highest BCUT2D eigenvalue weighted by Crippen LogP contribution is 2.34. The summed E-state index contributed by atoms with van der Waals surface area (Å²) >= 11 is 0. The Hall–Kier alpha value is -3.13. The molecule has 0 unspecified atom stereocenters. The average molecular weight is 431 g/mol. The molecule has 0 bridgehead atoms. The molecule has 0 fully saturated rings. The Morgan fingerprint density at radius 3 is 2.42 bits per heavy atom. The quantitative estimate of drug-likeness (QED) is 0.620. The summed E-state index contributed by atoms with van der Waals surface area (Å²) in [6, 6.07) is 11.2. The van der Waals surface area contributed by atoms with Gasteiger partial charge in [0.2, 0.25) is 5.91 Å². The Morgan fingerprint density at radius 1 is 1.06 bits per heavy atom. The SMILES string of the molecule is CCN(CC(=O)NCc1cc(OC)c(OC)cc1OC)C[C@@H]1COc2ccccc2O1. The van der Waals surface area contributed by atoms with Gasteiger partial charge in [0.15, 0.2) is 23.0 Å². The second-order valence-corrected chi connectivity index (χ2v) is 7.12. The fourth-order valence-electron chi connectivity index (χ4n) is 3.43. The molecular weight excluding hydrogens is 400 g/mol. The first kappa shape index (κ1) is 22.6. The molecule has 0 radical (unpaired) electrons. The highest BCUT2D eigenvalue weighted by atomic mass is 16.6. The molecule has 8 heteroatoms. The number of nitrogens with zero attached hydrogens (tertiary/aromatic N) is 1. The van der Waals surface area contributed by atoms with E-state index in [-0.39, 0.29) is 18.6 Å². The Labute approximate surface area is 183 Å². The maximum atomic E-state index is 12.6. The number of methoxy groups -OCH3 is 3. The molecule has 168 valence electrons. The van der Waals surface area contributed by atoms with E-state index in [2.05, 4.69) is 5.32 Å². The van der Waals surface area contributed by atoms with Gasteiger partial charge < -0.3 is 29.0 Å². The van der Waals surface area contributed by atoms with Crippen LogP contribution >= 0.6 is 0 Å². The second kappa shape index (κ2) is 10.8. The first-order chi connectivity index (χ1) is 15.1. The van der Waals surface area contributed by atoms with E-state index in [1.807, 2.05) is 36.1 Å². The van der Waals surface area contributed by atoms with Crippen molar-refractivity contribution in [3.8, 4) is 28.7 Å². The lowest BCUT2D eigenvalue weighted by atomic mass is 10.1. The fraction of sp³-hybridized carbons (Fsp3) is 0.435. The summed E-state index contributed by atoms with van der Waals surface area (Å²) in [5, 5.41) is 2.95. The third-order valence-electron chi connectivity index (χ3n) is 5.11. The summed E-state index contributed by atoms with van der Waals surface area (Å²) in [6.07, 6.45) is -0.131. The number of nitrogens with one attached hydrogen (secondary N) is 1. The summed E-state index contributed by atoms with van der Waals surface area (Å²) in [6.45, 7) is 4.36. The van der Waals surface area contributed by atoms with Crippen molar-refractivity contribution in [1.82, 2.24) is 10.2 Å². The second-order valence-electron chi connectivity index (χ2n) is 7.12. The van der Waals surface area contributed by atoms with Crippen molar-refractivity contribution in [2.45, 2.75) is 19.6 Å². The van der Waals surface area contributed by atoms with Gasteiger partial charge in [-0.2, -0.15) is 0 Å². The molecule has 0 saturated heterocycles. The largest absolute Gasteiger partial charge is 0.496 e. The van der Waals surface area contributed by atoms with Crippen LogP contribution in [0.4, 0.5) is 0 Å². The summed E-state index contributed by atoms with van der Waals surface area (Å²) in [7, 11) is 4.72. The normalized spacial score (nSPS) is 14.8. The van der Waals surface area contributed by atoms with Crippen molar-refractivity contribution in [1.29, 1.82) is 0 Å². The highest BCUT2D eigenvalue weighted by Gasteiger charge is 2.23. The summed E-state index contributed by atoms with van der Waals surface area (Å²) in [4.78, 5) is 14.6. The number of ether oxygens (including phenoxy) is 5. The number of carbonyl (C=O) groups is 1. The van der Waals surface area contributed by atoms with Crippen molar-refractivity contribution in [2.24, 2.45) is 0 Å². The van der Waals surface area contributed by atoms with Crippen LogP contribution in [-0.2, 0) is 11.3 Å². The smallest absolute Gasteiger partial charge is 0.234 e. The lowest BCUT2D eigenvalue weighted by Crippen LogP contribution is -2.44. The maximum absolute atomic E-state index is 12.6. The first-order valence-corrected chi connectivity index (χ1v) is 10.2. The molecule has 2 aromatic carbocycles. The number of para-hydroxylation sites is 2. The van der Waals surface area contributed by atoms with Gasteiger partial charge in [0, 0.05) is 24.7 Å². The van der Waals surface area contributed by atoms with E-state index < -0.39 is 0 Å².